The van der Waals surface area contributed by atoms with Crippen molar-refractivity contribution in [2.45, 2.75) is 32.5 Å². The Labute approximate surface area is 180 Å². The van der Waals surface area contributed by atoms with Crippen LogP contribution in [0, 0.1) is 13.8 Å². The Kier molecular flexibility index (Phi) is 5.81. The Morgan fingerprint density at radius 2 is 1.77 bits per heavy atom. The third-order valence-corrected chi connectivity index (χ3v) is 6.02. The van der Waals surface area contributed by atoms with Gasteiger partial charge in [-0.25, -0.2) is 0 Å². The molecular weight excluding hydrogens is 394 g/mol. The summed E-state index contributed by atoms with van der Waals surface area (Å²) in [5, 5.41) is 9.40. The van der Waals surface area contributed by atoms with Crippen molar-refractivity contribution in [3.63, 3.8) is 0 Å². The van der Waals surface area contributed by atoms with Crippen LogP contribution >= 0.6 is 11.8 Å². The van der Waals surface area contributed by atoms with Gasteiger partial charge in [0.2, 0.25) is 0 Å². The smallest absolute Gasteiger partial charge is 0.191 e. The maximum atomic E-state index is 13.0. The van der Waals surface area contributed by atoms with Crippen molar-refractivity contribution in [3.8, 4) is 17.1 Å². The highest BCUT2D eigenvalue weighted by Crippen LogP contribution is 2.26. The molecule has 152 valence electrons. The summed E-state index contributed by atoms with van der Waals surface area (Å²) < 4.78 is 4.15. The molecule has 7 heteroatoms. The van der Waals surface area contributed by atoms with Crippen molar-refractivity contribution in [1.82, 2.24) is 24.3 Å². The normalized spacial score (nSPS) is 11.0. The number of aryl methyl sites for hydroxylation is 1. The molecule has 6 nitrogen and oxygen atoms in total. The average molecular weight is 418 g/mol. The van der Waals surface area contributed by atoms with Crippen LogP contribution < -0.4 is 0 Å². The first kappa shape index (κ1) is 20.1. The summed E-state index contributed by atoms with van der Waals surface area (Å²) in [6.07, 6.45) is 3.48. The summed E-state index contributed by atoms with van der Waals surface area (Å²) in [6, 6.07) is 15.9. The fourth-order valence-electron chi connectivity index (χ4n) is 3.62. The third kappa shape index (κ3) is 3.80. The maximum absolute atomic E-state index is 13.0. The van der Waals surface area contributed by atoms with E-state index < -0.39 is 0 Å². The van der Waals surface area contributed by atoms with Gasteiger partial charge in [0.05, 0.1) is 5.75 Å². The van der Waals surface area contributed by atoms with Gasteiger partial charge in [0.1, 0.15) is 0 Å². The molecule has 0 unspecified atom stereocenters. The van der Waals surface area contributed by atoms with E-state index in [-0.39, 0.29) is 5.78 Å². The van der Waals surface area contributed by atoms with Gasteiger partial charge in [0.15, 0.2) is 16.8 Å². The number of hydrogen-bond donors (Lipinski definition) is 0. The molecule has 0 spiro atoms. The Balaban J connectivity index is 1.55. The second-order valence-corrected chi connectivity index (χ2v) is 7.90. The molecule has 0 radical (unpaired) electrons. The van der Waals surface area contributed by atoms with Crippen LogP contribution in [0.1, 0.15) is 28.7 Å². The number of benzene rings is 1. The average Bonchev–Trinajstić information content (AvgIpc) is 3.33. The van der Waals surface area contributed by atoms with Gasteiger partial charge in [-0.2, -0.15) is 0 Å². The highest BCUT2D eigenvalue weighted by molar-refractivity contribution is 7.99. The number of hydrogen-bond acceptors (Lipinski definition) is 5. The van der Waals surface area contributed by atoms with Crippen LogP contribution in [0.5, 0.6) is 0 Å². The minimum absolute atomic E-state index is 0.0893. The van der Waals surface area contributed by atoms with Crippen molar-refractivity contribution in [3.05, 3.63) is 77.9 Å². The molecule has 1 aromatic carbocycles. The second-order valence-electron chi connectivity index (χ2n) is 6.95. The van der Waals surface area contributed by atoms with Crippen LogP contribution in [-0.4, -0.2) is 35.9 Å². The zero-order chi connectivity index (χ0) is 21.1. The van der Waals surface area contributed by atoms with E-state index in [0.29, 0.717) is 5.75 Å². The number of ketones is 1. The van der Waals surface area contributed by atoms with Crippen LogP contribution in [-0.2, 0) is 6.54 Å². The van der Waals surface area contributed by atoms with Crippen molar-refractivity contribution >= 4 is 17.5 Å². The van der Waals surface area contributed by atoms with E-state index >= 15 is 0 Å². The zero-order valence-corrected chi connectivity index (χ0v) is 18.1. The quantitative estimate of drug-likeness (QED) is 0.321. The lowest BCUT2D eigenvalue weighted by atomic mass is 10.2. The number of nitrogens with zero attached hydrogens (tertiary/aromatic N) is 5. The predicted molar refractivity (Wildman–Crippen MR) is 119 cm³/mol. The number of carbonyl (C=O) groups is 1. The highest BCUT2D eigenvalue weighted by Gasteiger charge is 2.19. The number of Topliss-reactive ketones (excluding diaryl/α,β-unsaturated/α-hetero) is 1. The third-order valence-electron chi connectivity index (χ3n) is 5.05. The Morgan fingerprint density at radius 1 is 1.03 bits per heavy atom. The molecule has 0 atom stereocenters. The first-order chi connectivity index (χ1) is 14.6. The topological polar surface area (TPSA) is 65.6 Å². The summed E-state index contributed by atoms with van der Waals surface area (Å²) in [6.45, 7) is 6.80. The van der Waals surface area contributed by atoms with E-state index in [0.717, 1.165) is 45.7 Å². The standard InChI is InChI=1S/C23H23N5OS/c1-4-27-22(18-10-12-24-13-11-18)25-26-23(27)30-15-21(29)20-14-16(2)28(17(20)3)19-8-6-5-7-9-19/h5-14H,4,15H2,1-3H3. The van der Waals surface area contributed by atoms with Gasteiger partial charge in [0.25, 0.3) is 0 Å². The molecule has 3 heterocycles. The summed E-state index contributed by atoms with van der Waals surface area (Å²) in [7, 11) is 0. The van der Waals surface area contributed by atoms with E-state index in [4.69, 9.17) is 0 Å². The van der Waals surface area contributed by atoms with E-state index in [2.05, 4.69) is 19.7 Å². The molecule has 0 saturated carbocycles. The van der Waals surface area contributed by atoms with Crippen molar-refractivity contribution in [2.75, 3.05) is 5.75 Å². The highest BCUT2D eigenvalue weighted by atomic mass is 32.2. The largest absolute Gasteiger partial charge is 0.318 e. The number of carbonyl (C=O) groups excluding carboxylic acids is 1. The Hall–Kier alpha value is -3.19. The number of rotatable bonds is 7. The number of aromatic nitrogens is 5. The molecule has 4 aromatic rings. The minimum atomic E-state index is 0.0893. The van der Waals surface area contributed by atoms with E-state index in [1.54, 1.807) is 12.4 Å². The van der Waals surface area contributed by atoms with Gasteiger partial charge in [-0.05, 0) is 51.1 Å². The summed E-state index contributed by atoms with van der Waals surface area (Å²) in [5.74, 6) is 1.19. The number of pyridine rings is 1. The number of para-hydroxylation sites is 1. The SMILES string of the molecule is CCn1c(SCC(=O)c2cc(C)n(-c3ccccc3)c2C)nnc1-c1ccncc1. The first-order valence-corrected chi connectivity index (χ1v) is 10.8. The molecule has 0 amide bonds. The van der Waals surface area contributed by atoms with Gasteiger partial charge in [-0.15, -0.1) is 10.2 Å². The molecule has 0 aliphatic heterocycles. The molecule has 0 bridgehead atoms. The van der Waals surface area contributed by atoms with E-state index in [9.17, 15) is 4.79 Å². The molecule has 3 aromatic heterocycles. The fourth-order valence-corrected chi connectivity index (χ4v) is 4.51. The van der Waals surface area contributed by atoms with Gasteiger partial charge < -0.3 is 9.13 Å². The van der Waals surface area contributed by atoms with Crippen LogP contribution in [0.4, 0.5) is 0 Å². The predicted octanol–water partition coefficient (Wildman–Crippen LogP) is 4.74. The van der Waals surface area contributed by atoms with Crippen molar-refractivity contribution < 1.29 is 4.79 Å². The van der Waals surface area contributed by atoms with Gasteiger partial charge >= 0.3 is 0 Å². The molecular formula is C23H23N5OS. The molecule has 0 aliphatic carbocycles. The summed E-state index contributed by atoms with van der Waals surface area (Å²) in [4.78, 5) is 17.1. The molecule has 0 N–H and O–H groups in total. The zero-order valence-electron chi connectivity index (χ0n) is 17.2. The second kappa shape index (κ2) is 8.67. The molecule has 0 saturated heterocycles. The summed E-state index contributed by atoms with van der Waals surface area (Å²) in [5.41, 5.74) is 4.78. The minimum Gasteiger partial charge on any atom is -0.318 e. The first-order valence-electron chi connectivity index (χ1n) is 9.84. The van der Waals surface area contributed by atoms with Crippen LogP contribution in [0.2, 0.25) is 0 Å². The van der Waals surface area contributed by atoms with Crippen LogP contribution in [0.25, 0.3) is 17.1 Å². The molecule has 0 aliphatic rings. The monoisotopic (exact) mass is 417 g/mol. The van der Waals surface area contributed by atoms with Crippen molar-refractivity contribution in [1.29, 1.82) is 0 Å². The van der Waals surface area contributed by atoms with E-state index in [1.165, 1.54) is 11.8 Å². The van der Waals surface area contributed by atoms with E-state index in [1.807, 2.05) is 73.9 Å². The van der Waals surface area contributed by atoms with Gasteiger partial charge in [-0.1, -0.05) is 30.0 Å². The number of thioether (sulfide) groups is 1. The molecule has 0 fully saturated rings. The van der Waals surface area contributed by atoms with Crippen LogP contribution in [0.3, 0.4) is 0 Å². The Bertz CT molecular complexity index is 1170. The fraction of sp³-hybridized carbons (Fsp3) is 0.217. The summed E-state index contributed by atoms with van der Waals surface area (Å²) >= 11 is 1.42. The maximum Gasteiger partial charge on any atom is 0.191 e. The van der Waals surface area contributed by atoms with Crippen molar-refractivity contribution in [2.24, 2.45) is 0 Å². The lowest BCUT2D eigenvalue weighted by molar-refractivity contribution is 0.102. The van der Waals surface area contributed by atoms with Gasteiger partial charge in [-0.3, -0.25) is 9.78 Å². The lowest BCUT2D eigenvalue weighted by Gasteiger charge is -2.09. The molecule has 30 heavy (non-hydrogen) atoms. The molecule has 4 rings (SSSR count). The Morgan fingerprint density at radius 3 is 2.47 bits per heavy atom. The van der Waals surface area contributed by atoms with Crippen LogP contribution in [0.15, 0.2) is 66.1 Å². The lowest BCUT2D eigenvalue weighted by Crippen LogP contribution is -2.07. The van der Waals surface area contributed by atoms with Gasteiger partial charge in [0, 0.05) is 47.1 Å².